The predicted octanol–water partition coefficient (Wildman–Crippen LogP) is -0.0536. The van der Waals surface area contributed by atoms with E-state index in [1.54, 1.807) is 0 Å². The average molecular weight is 312 g/mol. The minimum absolute atomic E-state index is 0.0195. The van der Waals surface area contributed by atoms with E-state index in [4.69, 9.17) is 11.0 Å². The summed E-state index contributed by atoms with van der Waals surface area (Å²) < 4.78 is 25.3. The molecule has 0 bridgehead atoms. The SMILES string of the molecule is CS(=O)(=O)c1c(NC2CCCNC2)nn(CCC#N)c1N. The van der Waals surface area contributed by atoms with Crippen molar-refractivity contribution in [2.75, 3.05) is 30.4 Å². The Hall–Kier alpha value is -1.79. The summed E-state index contributed by atoms with van der Waals surface area (Å²) in [4.78, 5) is 0.0195. The Kier molecular flexibility index (Phi) is 4.69. The van der Waals surface area contributed by atoms with Crippen molar-refractivity contribution in [3.8, 4) is 6.07 Å². The second-order valence-electron chi connectivity index (χ2n) is 5.15. The highest BCUT2D eigenvalue weighted by Gasteiger charge is 2.26. The molecule has 21 heavy (non-hydrogen) atoms. The molecule has 2 rings (SSSR count). The maximum Gasteiger partial charge on any atom is 0.182 e. The van der Waals surface area contributed by atoms with E-state index >= 15 is 0 Å². The minimum atomic E-state index is -3.49. The molecule has 1 aromatic heterocycles. The monoisotopic (exact) mass is 312 g/mol. The van der Waals surface area contributed by atoms with E-state index in [2.05, 4.69) is 15.7 Å². The topological polar surface area (TPSA) is 126 Å². The summed E-state index contributed by atoms with van der Waals surface area (Å²) in [6.07, 6.45) is 3.30. The average Bonchev–Trinajstić information content (AvgIpc) is 2.73. The van der Waals surface area contributed by atoms with Gasteiger partial charge in [0.1, 0.15) is 5.82 Å². The van der Waals surface area contributed by atoms with Gasteiger partial charge in [0.15, 0.2) is 20.6 Å². The Morgan fingerprint density at radius 2 is 2.38 bits per heavy atom. The van der Waals surface area contributed by atoms with E-state index in [1.807, 2.05) is 6.07 Å². The van der Waals surface area contributed by atoms with Gasteiger partial charge in [-0.25, -0.2) is 13.1 Å². The van der Waals surface area contributed by atoms with Crippen LogP contribution in [0.1, 0.15) is 19.3 Å². The number of hydrogen-bond donors (Lipinski definition) is 3. The normalized spacial score (nSPS) is 19.1. The van der Waals surface area contributed by atoms with Crippen molar-refractivity contribution in [1.82, 2.24) is 15.1 Å². The van der Waals surface area contributed by atoms with Gasteiger partial charge in [0.2, 0.25) is 0 Å². The molecule has 1 unspecified atom stereocenters. The second-order valence-corrected chi connectivity index (χ2v) is 7.11. The first-order valence-electron chi connectivity index (χ1n) is 6.84. The van der Waals surface area contributed by atoms with Gasteiger partial charge >= 0.3 is 0 Å². The molecule has 1 fully saturated rings. The number of hydrogen-bond acceptors (Lipinski definition) is 7. The third-order valence-corrected chi connectivity index (χ3v) is 4.53. The van der Waals surface area contributed by atoms with Crippen LogP contribution in [0, 0.1) is 11.3 Å². The summed E-state index contributed by atoms with van der Waals surface area (Å²) in [5.74, 6) is 0.362. The summed E-state index contributed by atoms with van der Waals surface area (Å²) in [6, 6.07) is 2.12. The van der Waals surface area contributed by atoms with Gasteiger partial charge in [-0.15, -0.1) is 0 Å². The molecule has 1 aromatic rings. The van der Waals surface area contributed by atoms with Crippen LogP contribution in [0.15, 0.2) is 4.90 Å². The molecule has 0 radical (unpaired) electrons. The first-order valence-corrected chi connectivity index (χ1v) is 8.73. The number of nitrogens with one attached hydrogen (secondary N) is 2. The molecule has 9 heteroatoms. The predicted molar refractivity (Wildman–Crippen MR) is 79.5 cm³/mol. The summed E-state index contributed by atoms with van der Waals surface area (Å²) >= 11 is 0. The molecule has 2 heterocycles. The van der Waals surface area contributed by atoms with Crippen molar-refractivity contribution >= 4 is 21.5 Å². The number of aromatic nitrogens is 2. The number of rotatable bonds is 5. The van der Waals surface area contributed by atoms with Crippen LogP contribution < -0.4 is 16.4 Å². The van der Waals surface area contributed by atoms with Gasteiger partial charge in [-0.3, -0.25) is 0 Å². The zero-order valence-electron chi connectivity index (χ0n) is 12.0. The van der Waals surface area contributed by atoms with Crippen LogP contribution in [0.4, 0.5) is 11.6 Å². The number of nitrogens with zero attached hydrogens (tertiary/aromatic N) is 3. The number of anilines is 2. The van der Waals surface area contributed by atoms with Crippen LogP contribution in [-0.2, 0) is 16.4 Å². The molecule has 116 valence electrons. The third kappa shape index (κ3) is 3.65. The summed E-state index contributed by atoms with van der Waals surface area (Å²) in [5, 5.41) is 19.3. The second kappa shape index (κ2) is 6.32. The first kappa shape index (κ1) is 15.6. The van der Waals surface area contributed by atoms with Gasteiger partial charge in [0, 0.05) is 18.8 Å². The summed E-state index contributed by atoms with van der Waals surface area (Å²) in [7, 11) is -3.49. The molecule has 0 amide bonds. The minimum Gasteiger partial charge on any atom is -0.383 e. The summed E-state index contributed by atoms with van der Waals surface area (Å²) in [6.45, 7) is 2.00. The van der Waals surface area contributed by atoms with Gasteiger partial charge in [-0.1, -0.05) is 0 Å². The third-order valence-electron chi connectivity index (χ3n) is 3.39. The Balaban J connectivity index is 2.31. The van der Waals surface area contributed by atoms with E-state index in [1.165, 1.54) is 4.68 Å². The van der Waals surface area contributed by atoms with Crippen molar-refractivity contribution in [2.24, 2.45) is 0 Å². The van der Waals surface area contributed by atoms with Crippen molar-refractivity contribution in [3.63, 3.8) is 0 Å². The number of sulfone groups is 1. The quantitative estimate of drug-likeness (QED) is 0.695. The van der Waals surface area contributed by atoms with Gasteiger partial charge in [-0.2, -0.15) is 10.4 Å². The van der Waals surface area contributed by atoms with Gasteiger partial charge in [-0.05, 0) is 19.4 Å². The van der Waals surface area contributed by atoms with Crippen molar-refractivity contribution in [1.29, 1.82) is 5.26 Å². The molecule has 1 atom stereocenters. The lowest BCUT2D eigenvalue weighted by molar-refractivity contribution is 0.477. The molecule has 8 nitrogen and oxygen atoms in total. The smallest absolute Gasteiger partial charge is 0.182 e. The Morgan fingerprint density at radius 1 is 1.62 bits per heavy atom. The van der Waals surface area contributed by atoms with Crippen molar-refractivity contribution in [2.45, 2.75) is 36.7 Å². The molecular formula is C12H20N6O2S. The largest absolute Gasteiger partial charge is 0.383 e. The fraction of sp³-hybridized carbons (Fsp3) is 0.667. The molecule has 1 saturated heterocycles. The molecule has 4 N–H and O–H groups in total. The molecular weight excluding hydrogens is 292 g/mol. The van der Waals surface area contributed by atoms with E-state index < -0.39 is 9.84 Å². The molecule has 0 aliphatic carbocycles. The van der Waals surface area contributed by atoms with Gasteiger partial charge < -0.3 is 16.4 Å². The lowest BCUT2D eigenvalue weighted by Gasteiger charge is -2.23. The lowest BCUT2D eigenvalue weighted by Crippen LogP contribution is -2.38. The Bertz CT molecular complexity index is 639. The zero-order valence-corrected chi connectivity index (χ0v) is 12.8. The first-order chi connectivity index (χ1) is 9.93. The highest BCUT2D eigenvalue weighted by molar-refractivity contribution is 7.91. The summed E-state index contributed by atoms with van der Waals surface area (Å²) in [5.41, 5.74) is 5.89. The van der Waals surface area contributed by atoms with Crippen LogP contribution in [0.2, 0.25) is 0 Å². The molecule has 1 aliphatic rings. The molecule has 0 spiro atoms. The number of piperidine rings is 1. The van der Waals surface area contributed by atoms with E-state index in [-0.39, 0.29) is 35.5 Å². The number of nitrogen functional groups attached to an aromatic ring is 1. The van der Waals surface area contributed by atoms with Crippen LogP contribution >= 0.6 is 0 Å². The van der Waals surface area contributed by atoms with Crippen molar-refractivity contribution < 1.29 is 8.42 Å². The fourth-order valence-corrected chi connectivity index (χ4v) is 3.35. The van der Waals surface area contributed by atoms with E-state index in [0.717, 1.165) is 32.2 Å². The van der Waals surface area contributed by atoms with Gasteiger partial charge in [0.05, 0.1) is 19.0 Å². The number of aryl methyl sites for hydroxylation is 1. The van der Waals surface area contributed by atoms with Gasteiger partial charge in [0.25, 0.3) is 0 Å². The molecule has 1 aliphatic heterocycles. The zero-order chi connectivity index (χ0) is 15.5. The van der Waals surface area contributed by atoms with Crippen LogP contribution in [0.3, 0.4) is 0 Å². The standard InChI is InChI=1S/C12H20N6O2S/c1-21(19,20)10-11(14)18(7-3-5-13)17-12(10)16-9-4-2-6-15-8-9/h9,15H,2-4,6-8,14H2,1H3,(H,16,17). The maximum absolute atomic E-state index is 11.9. The highest BCUT2D eigenvalue weighted by atomic mass is 32.2. The van der Waals surface area contributed by atoms with E-state index in [9.17, 15) is 8.42 Å². The fourth-order valence-electron chi connectivity index (χ4n) is 2.41. The van der Waals surface area contributed by atoms with Crippen molar-refractivity contribution in [3.05, 3.63) is 0 Å². The van der Waals surface area contributed by atoms with E-state index in [0.29, 0.717) is 0 Å². The lowest BCUT2D eigenvalue weighted by atomic mass is 10.1. The molecule has 0 aromatic carbocycles. The Labute approximate surface area is 124 Å². The molecule has 0 saturated carbocycles. The Morgan fingerprint density at radius 3 is 2.95 bits per heavy atom. The maximum atomic E-state index is 11.9. The van der Waals surface area contributed by atoms with Crippen LogP contribution in [0.5, 0.6) is 0 Å². The number of nitriles is 1. The van der Waals surface area contributed by atoms with Crippen LogP contribution in [-0.4, -0.2) is 43.6 Å². The highest BCUT2D eigenvalue weighted by Crippen LogP contribution is 2.28. The number of nitrogens with two attached hydrogens (primary N) is 1. The van der Waals surface area contributed by atoms with Crippen LogP contribution in [0.25, 0.3) is 0 Å².